The van der Waals surface area contributed by atoms with Crippen LogP contribution in [0.2, 0.25) is 0 Å². The van der Waals surface area contributed by atoms with Crippen LogP contribution in [0.3, 0.4) is 0 Å². The van der Waals surface area contributed by atoms with E-state index in [1.165, 1.54) is 0 Å². The Hall–Kier alpha value is -0.610. The van der Waals surface area contributed by atoms with Gasteiger partial charge in [0.25, 0.3) is 0 Å². The Bertz CT molecular complexity index is 313. The van der Waals surface area contributed by atoms with E-state index in [0.717, 1.165) is 19.4 Å². The number of aliphatic hydroxyl groups is 1. The van der Waals surface area contributed by atoms with Gasteiger partial charge in [0.15, 0.2) is 0 Å². The predicted octanol–water partition coefficient (Wildman–Crippen LogP) is 0.748. The summed E-state index contributed by atoms with van der Waals surface area (Å²) in [6.45, 7) is 8.18. The molecule has 2 aliphatic rings. The third kappa shape index (κ3) is 2.63. The van der Waals surface area contributed by atoms with Crippen molar-refractivity contribution in [1.82, 2.24) is 10.2 Å². The van der Waals surface area contributed by atoms with Crippen molar-refractivity contribution in [2.24, 2.45) is 5.41 Å². The maximum Gasteiger partial charge on any atom is 0.240 e. The minimum atomic E-state index is -0.700. The van der Waals surface area contributed by atoms with E-state index in [4.69, 9.17) is 0 Å². The van der Waals surface area contributed by atoms with Crippen LogP contribution in [0.5, 0.6) is 0 Å². The molecule has 17 heavy (non-hydrogen) atoms. The van der Waals surface area contributed by atoms with Crippen molar-refractivity contribution in [2.75, 3.05) is 19.6 Å². The summed E-state index contributed by atoms with van der Waals surface area (Å²) in [4.78, 5) is 14.3. The van der Waals surface area contributed by atoms with Gasteiger partial charge in [0.05, 0.1) is 11.6 Å². The van der Waals surface area contributed by atoms with Gasteiger partial charge in [-0.2, -0.15) is 0 Å². The molecular weight excluding hydrogens is 216 g/mol. The Labute approximate surface area is 103 Å². The third-order valence-corrected chi connectivity index (χ3v) is 4.14. The fourth-order valence-corrected chi connectivity index (χ4v) is 2.95. The van der Waals surface area contributed by atoms with Crippen LogP contribution in [0, 0.1) is 5.41 Å². The first-order valence-corrected chi connectivity index (χ1v) is 6.56. The van der Waals surface area contributed by atoms with Gasteiger partial charge in [-0.3, -0.25) is 4.79 Å². The predicted molar refractivity (Wildman–Crippen MR) is 66.6 cm³/mol. The topological polar surface area (TPSA) is 52.6 Å². The molecule has 98 valence electrons. The molecule has 2 aliphatic heterocycles. The molecule has 0 saturated carbocycles. The van der Waals surface area contributed by atoms with Crippen LogP contribution in [-0.4, -0.2) is 47.2 Å². The minimum absolute atomic E-state index is 0.0176. The van der Waals surface area contributed by atoms with Crippen LogP contribution in [0.15, 0.2) is 0 Å². The number of carbonyl (C=O) groups is 1. The lowest BCUT2D eigenvalue weighted by molar-refractivity contribution is -0.137. The molecule has 0 radical (unpaired) electrons. The molecule has 0 aromatic rings. The maximum atomic E-state index is 12.5. The number of nitrogens with one attached hydrogen (secondary N) is 1. The number of likely N-dealkylation sites (tertiary alicyclic amines) is 1. The van der Waals surface area contributed by atoms with E-state index in [1.54, 1.807) is 6.92 Å². The molecule has 2 unspecified atom stereocenters. The normalized spacial score (nSPS) is 37.2. The van der Waals surface area contributed by atoms with Crippen LogP contribution in [0.4, 0.5) is 0 Å². The number of amides is 1. The Morgan fingerprint density at radius 3 is 2.59 bits per heavy atom. The van der Waals surface area contributed by atoms with Crippen molar-refractivity contribution in [1.29, 1.82) is 0 Å². The Morgan fingerprint density at radius 2 is 2.06 bits per heavy atom. The van der Waals surface area contributed by atoms with Gasteiger partial charge < -0.3 is 15.3 Å². The molecule has 4 nitrogen and oxygen atoms in total. The van der Waals surface area contributed by atoms with E-state index < -0.39 is 5.60 Å². The van der Waals surface area contributed by atoms with Crippen LogP contribution in [-0.2, 0) is 4.79 Å². The van der Waals surface area contributed by atoms with Crippen molar-refractivity contribution in [2.45, 2.75) is 51.7 Å². The average molecular weight is 240 g/mol. The van der Waals surface area contributed by atoms with E-state index in [2.05, 4.69) is 19.2 Å². The molecule has 2 heterocycles. The molecule has 0 aromatic carbocycles. The molecule has 4 heteroatoms. The summed E-state index contributed by atoms with van der Waals surface area (Å²) < 4.78 is 0. The smallest absolute Gasteiger partial charge is 0.240 e. The summed E-state index contributed by atoms with van der Waals surface area (Å²) in [6, 6.07) is -0.0925. The molecule has 0 aliphatic carbocycles. The van der Waals surface area contributed by atoms with Crippen molar-refractivity contribution in [3.8, 4) is 0 Å². The Morgan fingerprint density at radius 1 is 1.35 bits per heavy atom. The van der Waals surface area contributed by atoms with E-state index in [1.807, 2.05) is 4.90 Å². The molecule has 0 aromatic heterocycles. The largest absolute Gasteiger partial charge is 0.388 e. The summed E-state index contributed by atoms with van der Waals surface area (Å²) in [5.74, 6) is 0.160. The number of nitrogens with zero attached hydrogens (tertiary/aromatic N) is 1. The lowest BCUT2D eigenvalue weighted by Crippen LogP contribution is -2.56. The Kier molecular flexibility index (Phi) is 3.21. The third-order valence-electron chi connectivity index (χ3n) is 4.14. The fraction of sp³-hybridized carbons (Fsp3) is 0.923. The molecule has 0 spiro atoms. The zero-order chi connectivity index (χ0) is 12.7. The number of carbonyl (C=O) groups excluding carboxylic acids is 1. The van der Waals surface area contributed by atoms with Gasteiger partial charge in [-0.15, -0.1) is 0 Å². The van der Waals surface area contributed by atoms with Gasteiger partial charge in [0.2, 0.25) is 5.91 Å². The maximum absolute atomic E-state index is 12.5. The zero-order valence-electron chi connectivity index (χ0n) is 11.1. The molecular formula is C13H24N2O2. The zero-order valence-corrected chi connectivity index (χ0v) is 11.1. The summed E-state index contributed by atoms with van der Waals surface area (Å²) in [5.41, 5.74) is -0.682. The number of hydrogen-bond acceptors (Lipinski definition) is 3. The number of β-amino-alcohol motifs (C(OH)–C–C–N with tert-alkyl or cyclic N) is 1. The van der Waals surface area contributed by atoms with E-state index in [0.29, 0.717) is 19.5 Å². The first-order chi connectivity index (χ1) is 7.82. The second-order valence-corrected chi connectivity index (χ2v) is 6.49. The molecule has 2 saturated heterocycles. The summed E-state index contributed by atoms with van der Waals surface area (Å²) in [6.07, 6.45) is 2.90. The first kappa shape index (κ1) is 12.8. The van der Waals surface area contributed by atoms with Crippen molar-refractivity contribution in [3.63, 3.8) is 0 Å². The van der Waals surface area contributed by atoms with Crippen molar-refractivity contribution in [3.05, 3.63) is 0 Å². The highest BCUT2D eigenvalue weighted by Gasteiger charge is 2.42. The number of piperidine rings is 1. The quantitative estimate of drug-likeness (QED) is 0.711. The highest BCUT2D eigenvalue weighted by atomic mass is 16.3. The summed E-state index contributed by atoms with van der Waals surface area (Å²) in [7, 11) is 0. The van der Waals surface area contributed by atoms with Gasteiger partial charge in [0, 0.05) is 13.1 Å². The fourth-order valence-electron chi connectivity index (χ4n) is 2.95. The Balaban J connectivity index is 2.05. The van der Waals surface area contributed by atoms with Crippen LogP contribution in [0.25, 0.3) is 0 Å². The molecule has 2 atom stereocenters. The van der Waals surface area contributed by atoms with Crippen LogP contribution < -0.4 is 5.32 Å². The second kappa shape index (κ2) is 4.25. The number of hydrogen-bond donors (Lipinski definition) is 2. The van der Waals surface area contributed by atoms with Gasteiger partial charge in [-0.25, -0.2) is 0 Å². The average Bonchev–Trinajstić information content (AvgIpc) is 2.57. The van der Waals surface area contributed by atoms with E-state index in [9.17, 15) is 9.90 Å². The van der Waals surface area contributed by atoms with Crippen LogP contribution >= 0.6 is 0 Å². The highest BCUT2D eigenvalue weighted by Crippen LogP contribution is 2.32. The lowest BCUT2D eigenvalue weighted by atomic mass is 9.77. The van der Waals surface area contributed by atoms with Gasteiger partial charge >= 0.3 is 0 Å². The van der Waals surface area contributed by atoms with E-state index in [-0.39, 0.29) is 17.4 Å². The lowest BCUT2D eigenvalue weighted by Gasteiger charge is -2.40. The molecule has 0 bridgehead atoms. The standard InChI is InChI=1S/C13H24N2O2/c1-12(2)5-4-7-14-10(12)11(16)15-8-6-13(3,17)9-15/h10,14,17H,4-9H2,1-3H3. The number of rotatable bonds is 1. The van der Waals surface area contributed by atoms with Gasteiger partial charge in [0.1, 0.15) is 0 Å². The SMILES string of the molecule is CC1(O)CCN(C(=O)C2NCCCC2(C)C)C1. The summed E-state index contributed by atoms with van der Waals surface area (Å²) in [5, 5.41) is 13.3. The molecule has 1 amide bonds. The van der Waals surface area contributed by atoms with Crippen molar-refractivity contribution < 1.29 is 9.90 Å². The molecule has 2 fully saturated rings. The molecule has 2 rings (SSSR count). The minimum Gasteiger partial charge on any atom is -0.388 e. The van der Waals surface area contributed by atoms with Crippen molar-refractivity contribution >= 4 is 5.91 Å². The van der Waals surface area contributed by atoms with Gasteiger partial charge in [-0.1, -0.05) is 13.8 Å². The first-order valence-electron chi connectivity index (χ1n) is 6.56. The van der Waals surface area contributed by atoms with Gasteiger partial charge in [-0.05, 0) is 38.1 Å². The van der Waals surface area contributed by atoms with Crippen LogP contribution in [0.1, 0.15) is 40.0 Å². The summed E-state index contributed by atoms with van der Waals surface area (Å²) >= 11 is 0. The monoisotopic (exact) mass is 240 g/mol. The molecule has 2 N–H and O–H groups in total. The van der Waals surface area contributed by atoms with E-state index >= 15 is 0 Å². The highest BCUT2D eigenvalue weighted by molar-refractivity contribution is 5.83. The second-order valence-electron chi connectivity index (χ2n) is 6.49.